The minimum Gasteiger partial charge on any atom is -0.449 e. The molecule has 0 spiro atoms. The quantitative estimate of drug-likeness (QED) is 0.230. The van der Waals surface area contributed by atoms with Crippen molar-refractivity contribution in [3.63, 3.8) is 0 Å². The SMILES string of the molecule is Cc1ccc(C)c(Oc2c(C(F)(F)F)oc3cc(OC(=O)c4ccc(C)c(C)c4)ccc3c2=O)c1. The van der Waals surface area contributed by atoms with Gasteiger partial charge in [0.1, 0.15) is 17.1 Å². The van der Waals surface area contributed by atoms with E-state index in [9.17, 15) is 22.8 Å². The van der Waals surface area contributed by atoms with Gasteiger partial charge in [0.15, 0.2) is 0 Å². The first-order valence-corrected chi connectivity index (χ1v) is 10.7. The summed E-state index contributed by atoms with van der Waals surface area (Å²) < 4.78 is 57.4. The minimum absolute atomic E-state index is 0.0693. The molecule has 5 nitrogen and oxygen atoms in total. The van der Waals surface area contributed by atoms with Crippen molar-refractivity contribution in [1.82, 2.24) is 0 Å². The Kier molecular flexibility index (Phi) is 6.15. The van der Waals surface area contributed by atoms with Crippen molar-refractivity contribution in [3.05, 3.63) is 98.4 Å². The Labute approximate surface area is 198 Å². The highest BCUT2D eigenvalue weighted by atomic mass is 19.4. The average molecular weight is 482 g/mol. The second-order valence-corrected chi connectivity index (χ2v) is 8.30. The van der Waals surface area contributed by atoms with Crippen molar-refractivity contribution in [2.24, 2.45) is 0 Å². The molecule has 0 aliphatic heterocycles. The van der Waals surface area contributed by atoms with Crippen LogP contribution in [-0.4, -0.2) is 5.97 Å². The molecule has 0 radical (unpaired) electrons. The summed E-state index contributed by atoms with van der Waals surface area (Å²) >= 11 is 0. The van der Waals surface area contributed by atoms with E-state index in [1.165, 1.54) is 18.2 Å². The summed E-state index contributed by atoms with van der Waals surface area (Å²) in [5.41, 5.74) is 2.08. The predicted molar refractivity (Wildman–Crippen MR) is 124 cm³/mol. The second-order valence-electron chi connectivity index (χ2n) is 8.30. The topological polar surface area (TPSA) is 65.7 Å². The lowest BCUT2D eigenvalue weighted by atomic mass is 10.1. The summed E-state index contributed by atoms with van der Waals surface area (Å²) in [5.74, 6) is -3.19. The van der Waals surface area contributed by atoms with Gasteiger partial charge in [-0.3, -0.25) is 4.79 Å². The largest absolute Gasteiger partial charge is 0.453 e. The molecular weight excluding hydrogens is 461 g/mol. The van der Waals surface area contributed by atoms with Crippen LogP contribution >= 0.6 is 0 Å². The third kappa shape index (κ3) is 4.91. The first-order chi connectivity index (χ1) is 16.4. The van der Waals surface area contributed by atoms with Gasteiger partial charge in [-0.25, -0.2) is 4.79 Å². The summed E-state index contributed by atoms with van der Waals surface area (Å²) in [5, 5.41) is -0.149. The molecule has 35 heavy (non-hydrogen) atoms. The molecule has 3 aromatic carbocycles. The fraction of sp³-hybridized carbons (Fsp3) is 0.185. The van der Waals surface area contributed by atoms with Crippen molar-refractivity contribution in [3.8, 4) is 17.2 Å². The Hall–Kier alpha value is -4.07. The number of esters is 1. The summed E-state index contributed by atoms with van der Waals surface area (Å²) in [6.07, 6.45) is -5.01. The van der Waals surface area contributed by atoms with Gasteiger partial charge < -0.3 is 13.9 Å². The van der Waals surface area contributed by atoms with E-state index in [4.69, 9.17) is 13.9 Å². The number of aryl methyl sites for hydroxylation is 4. The molecule has 8 heteroatoms. The van der Waals surface area contributed by atoms with Crippen LogP contribution < -0.4 is 14.9 Å². The lowest BCUT2D eigenvalue weighted by Gasteiger charge is -2.15. The number of carbonyl (C=O) groups is 1. The summed E-state index contributed by atoms with van der Waals surface area (Å²) in [7, 11) is 0. The van der Waals surface area contributed by atoms with E-state index in [2.05, 4.69) is 0 Å². The van der Waals surface area contributed by atoms with Gasteiger partial charge in [-0.05, 0) is 80.3 Å². The number of alkyl halides is 3. The van der Waals surface area contributed by atoms with Crippen LogP contribution in [0.25, 0.3) is 11.0 Å². The van der Waals surface area contributed by atoms with Crippen LogP contribution in [0.15, 0.2) is 63.8 Å². The average Bonchev–Trinajstić information content (AvgIpc) is 2.78. The van der Waals surface area contributed by atoms with E-state index in [-0.39, 0.29) is 28.0 Å². The number of carbonyl (C=O) groups excluding carboxylic acids is 1. The predicted octanol–water partition coefficient (Wildman–Crippen LogP) is 7.06. The van der Waals surface area contributed by atoms with Gasteiger partial charge >= 0.3 is 12.1 Å². The van der Waals surface area contributed by atoms with Crippen LogP contribution in [0.3, 0.4) is 0 Å². The molecule has 180 valence electrons. The Bertz CT molecular complexity index is 1520. The molecule has 0 saturated carbocycles. The van der Waals surface area contributed by atoms with Crippen molar-refractivity contribution < 1.29 is 31.9 Å². The first-order valence-electron chi connectivity index (χ1n) is 10.7. The monoisotopic (exact) mass is 482 g/mol. The van der Waals surface area contributed by atoms with Crippen LogP contribution in [0.4, 0.5) is 13.2 Å². The lowest BCUT2D eigenvalue weighted by Crippen LogP contribution is -2.16. The van der Waals surface area contributed by atoms with E-state index < -0.39 is 29.1 Å². The highest BCUT2D eigenvalue weighted by Gasteiger charge is 2.40. The number of ether oxygens (including phenoxy) is 2. The number of hydrogen-bond donors (Lipinski definition) is 0. The highest BCUT2D eigenvalue weighted by Crippen LogP contribution is 2.39. The van der Waals surface area contributed by atoms with Gasteiger partial charge in [0, 0.05) is 6.07 Å². The molecule has 0 fully saturated rings. The number of fused-ring (bicyclic) bond motifs is 1. The van der Waals surface area contributed by atoms with Crippen LogP contribution in [0.5, 0.6) is 17.2 Å². The fourth-order valence-electron chi connectivity index (χ4n) is 3.46. The van der Waals surface area contributed by atoms with Gasteiger partial charge in [0.2, 0.25) is 11.2 Å². The van der Waals surface area contributed by atoms with E-state index >= 15 is 0 Å². The molecule has 0 N–H and O–H groups in total. The third-order valence-corrected chi connectivity index (χ3v) is 5.59. The normalized spacial score (nSPS) is 11.5. The molecule has 4 rings (SSSR count). The standard InChI is InChI=1S/C27H21F3O5/c1-14-5-6-16(3)21(11-14)34-24-23(31)20-10-9-19(13-22(20)35-25(24)27(28,29)30)33-26(32)18-8-7-15(2)17(4)12-18/h5-13H,1-4H3. The Morgan fingerprint density at radius 3 is 2.26 bits per heavy atom. The molecule has 0 aliphatic rings. The Balaban J connectivity index is 1.77. The summed E-state index contributed by atoms with van der Waals surface area (Å²) in [4.78, 5) is 25.5. The fourth-order valence-corrected chi connectivity index (χ4v) is 3.46. The van der Waals surface area contributed by atoms with Gasteiger partial charge in [-0.2, -0.15) is 13.2 Å². The zero-order valence-corrected chi connectivity index (χ0v) is 19.4. The molecule has 0 aliphatic carbocycles. The van der Waals surface area contributed by atoms with Crippen LogP contribution in [0, 0.1) is 27.7 Å². The maximum Gasteiger partial charge on any atom is 0.453 e. The van der Waals surface area contributed by atoms with Crippen LogP contribution in [-0.2, 0) is 6.18 Å². The molecule has 4 aromatic rings. The molecule has 1 heterocycles. The second kappa shape index (κ2) is 8.94. The number of hydrogen-bond acceptors (Lipinski definition) is 5. The smallest absolute Gasteiger partial charge is 0.449 e. The van der Waals surface area contributed by atoms with E-state index in [0.29, 0.717) is 5.56 Å². The van der Waals surface area contributed by atoms with E-state index in [1.807, 2.05) is 13.8 Å². The Morgan fingerprint density at radius 1 is 0.857 bits per heavy atom. The summed E-state index contributed by atoms with van der Waals surface area (Å²) in [6, 6.07) is 13.6. The third-order valence-electron chi connectivity index (χ3n) is 5.59. The summed E-state index contributed by atoms with van der Waals surface area (Å²) in [6.45, 7) is 7.14. The minimum atomic E-state index is -5.01. The van der Waals surface area contributed by atoms with Gasteiger partial charge in [-0.1, -0.05) is 18.2 Å². The maximum atomic E-state index is 13.8. The molecule has 0 atom stereocenters. The maximum absolute atomic E-state index is 13.8. The number of rotatable bonds is 4. The Morgan fingerprint density at radius 2 is 1.57 bits per heavy atom. The van der Waals surface area contributed by atoms with Crippen molar-refractivity contribution in [1.29, 1.82) is 0 Å². The van der Waals surface area contributed by atoms with Crippen molar-refractivity contribution in [2.45, 2.75) is 33.9 Å². The zero-order valence-electron chi connectivity index (χ0n) is 19.4. The molecule has 0 unspecified atom stereocenters. The van der Waals surface area contributed by atoms with Gasteiger partial charge in [0.05, 0.1) is 10.9 Å². The zero-order chi connectivity index (χ0) is 25.5. The van der Waals surface area contributed by atoms with Gasteiger partial charge in [0.25, 0.3) is 5.76 Å². The molecule has 0 bridgehead atoms. The highest BCUT2D eigenvalue weighted by molar-refractivity contribution is 5.92. The lowest BCUT2D eigenvalue weighted by molar-refractivity contribution is -0.154. The van der Waals surface area contributed by atoms with E-state index in [1.54, 1.807) is 44.2 Å². The van der Waals surface area contributed by atoms with Crippen molar-refractivity contribution in [2.75, 3.05) is 0 Å². The molecule has 0 amide bonds. The van der Waals surface area contributed by atoms with Crippen LogP contribution in [0.2, 0.25) is 0 Å². The van der Waals surface area contributed by atoms with E-state index in [0.717, 1.165) is 22.8 Å². The van der Waals surface area contributed by atoms with Crippen molar-refractivity contribution >= 4 is 16.9 Å². The number of benzene rings is 3. The van der Waals surface area contributed by atoms with Gasteiger partial charge in [-0.15, -0.1) is 0 Å². The first kappa shape index (κ1) is 24.1. The van der Waals surface area contributed by atoms with Crippen LogP contribution in [0.1, 0.15) is 38.4 Å². The number of halogens is 3. The molecule has 1 aromatic heterocycles. The molecule has 0 saturated heterocycles. The molecular formula is C27H21F3O5.